The summed E-state index contributed by atoms with van der Waals surface area (Å²) in [6.45, 7) is 2.13. The summed E-state index contributed by atoms with van der Waals surface area (Å²) in [4.78, 5) is 31.4. The van der Waals surface area contributed by atoms with Crippen LogP contribution in [-0.4, -0.2) is 40.6 Å². The molecule has 3 aromatic rings. The van der Waals surface area contributed by atoms with Crippen molar-refractivity contribution >= 4 is 34.0 Å². The van der Waals surface area contributed by atoms with Crippen LogP contribution >= 0.6 is 0 Å². The van der Waals surface area contributed by atoms with Gasteiger partial charge in [0.1, 0.15) is 6.33 Å². The highest BCUT2D eigenvalue weighted by molar-refractivity contribution is 6.07. The van der Waals surface area contributed by atoms with Gasteiger partial charge in [0.2, 0.25) is 11.6 Å². The highest BCUT2D eigenvalue weighted by Crippen LogP contribution is 2.29. The molecule has 3 N–H and O–H groups in total. The van der Waals surface area contributed by atoms with Crippen LogP contribution in [0.15, 0.2) is 48.8 Å². The van der Waals surface area contributed by atoms with Crippen molar-refractivity contribution in [2.45, 2.75) is 13.0 Å². The predicted molar refractivity (Wildman–Crippen MR) is 109 cm³/mol. The molecular weight excluding hydrogens is 376 g/mol. The Morgan fingerprint density at radius 1 is 1.17 bits per heavy atom. The fourth-order valence-corrected chi connectivity index (χ4v) is 2.88. The molecule has 0 saturated carbocycles. The van der Waals surface area contributed by atoms with E-state index in [1.54, 1.807) is 19.1 Å². The van der Waals surface area contributed by atoms with E-state index in [9.17, 15) is 14.9 Å². The summed E-state index contributed by atoms with van der Waals surface area (Å²) >= 11 is 0. The number of ether oxygens (including phenoxy) is 1. The molecule has 10 heteroatoms. The van der Waals surface area contributed by atoms with Gasteiger partial charge in [-0.1, -0.05) is 36.4 Å². The number of hydrogen-bond donors (Lipinski definition) is 3. The fraction of sp³-hybridized carbons (Fsp3) is 0.211. The largest absolute Gasteiger partial charge is 0.383 e. The van der Waals surface area contributed by atoms with Crippen LogP contribution in [0.2, 0.25) is 0 Å². The van der Waals surface area contributed by atoms with Crippen molar-refractivity contribution < 1.29 is 14.5 Å². The number of benzene rings is 2. The van der Waals surface area contributed by atoms with E-state index in [0.717, 1.165) is 10.8 Å². The summed E-state index contributed by atoms with van der Waals surface area (Å²) in [5, 5.41) is 16.2. The number of amides is 1. The maximum Gasteiger partial charge on any atom is 0.354 e. The summed E-state index contributed by atoms with van der Waals surface area (Å²) in [5.41, 5.74) is 5.06. The van der Waals surface area contributed by atoms with Crippen LogP contribution in [0.5, 0.6) is 0 Å². The SMILES string of the molecule is COCC(C)Nc1ncnc(NNC(=O)c2cccc3ccccc23)c1[N+](=O)[O-]. The Labute approximate surface area is 166 Å². The van der Waals surface area contributed by atoms with Crippen molar-refractivity contribution in [2.24, 2.45) is 0 Å². The third-order valence-corrected chi connectivity index (χ3v) is 4.13. The third-order valence-electron chi connectivity index (χ3n) is 4.13. The molecule has 0 saturated heterocycles. The minimum atomic E-state index is -0.617. The highest BCUT2D eigenvalue weighted by Gasteiger charge is 2.24. The highest BCUT2D eigenvalue weighted by atomic mass is 16.6. The molecule has 0 spiro atoms. The van der Waals surface area contributed by atoms with Gasteiger partial charge in [0.25, 0.3) is 5.91 Å². The molecule has 1 aromatic heterocycles. The maximum atomic E-state index is 12.6. The lowest BCUT2D eigenvalue weighted by molar-refractivity contribution is -0.383. The lowest BCUT2D eigenvalue weighted by Crippen LogP contribution is -2.31. The summed E-state index contributed by atoms with van der Waals surface area (Å²) in [5.74, 6) is -0.556. The van der Waals surface area contributed by atoms with E-state index in [2.05, 4.69) is 26.1 Å². The van der Waals surface area contributed by atoms with Gasteiger partial charge in [0, 0.05) is 18.7 Å². The summed E-state index contributed by atoms with van der Waals surface area (Å²) < 4.78 is 5.02. The van der Waals surface area contributed by atoms with Gasteiger partial charge >= 0.3 is 5.69 Å². The second-order valence-electron chi connectivity index (χ2n) is 6.28. The average Bonchev–Trinajstić information content (AvgIpc) is 2.71. The zero-order chi connectivity index (χ0) is 20.8. The first kappa shape index (κ1) is 20.0. The molecule has 1 unspecified atom stereocenters. The second kappa shape index (κ2) is 8.93. The molecule has 1 amide bonds. The quantitative estimate of drug-likeness (QED) is 0.391. The minimum absolute atomic E-state index is 0.0245. The third kappa shape index (κ3) is 4.55. The van der Waals surface area contributed by atoms with Crippen molar-refractivity contribution in [1.82, 2.24) is 15.4 Å². The van der Waals surface area contributed by atoms with E-state index in [-0.39, 0.29) is 23.4 Å². The number of carbonyl (C=O) groups excluding carboxylic acids is 1. The second-order valence-corrected chi connectivity index (χ2v) is 6.28. The number of hydrogen-bond acceptors (Lipinski definition) is 8. The number of nitrogens with one attached hydrogen (secondary N) is 3. The van der Waals surface area contributed by atoms with E-state index < -0.39 is 10.8 Å². The van der Waals surface area contributed by atoms with E-state index in [4.69, 9.17) is 4.74 Å². The first-order valence-corrected chi connectivity index (χ1v) is 8.80. The molecule has 0 aliphatic carbocycles. The van der Waals surface area contributed by atoms with Gasteiger partial charge in [0.05, 0.1) is 11.5 Å². The van der Waals surface area contributed by atoms with Crippen molar-refractivity contribution in [3.05, 3.63) is 64.5 Å². The van der Waals surface area contributed by atoms with E-state index >= 15 is 0 Å². The number of rotatable bonds is 8. The molecule has 0 radical (unpaired) electrons. The van der Waals surface area contributed by atoms with E-state index in [1.165, 1.54) is 13.4 Å². The monoisotopic (exact) mass is 396 g/mol. The lowest BCUT2D eigenvalue weighted by atomic mass is 10.0. The Morgan fingerprint density at radius 2 is 1.90 bits per heavy atom. The van der Waals surface area contributed by atoms with Crippen LogP contribution in [0.3, 0.4) is 0 Å². The van der Waals surface area contributed by atoms with E-state index in [1.807, 2.05) is 30.3 Å². The summed E-state index contributed by atoms with van der Waals surface area (Å²) in [6.07, 6.45) is 1.17. The molecule has 1 atom stereocenters. The number of aromatic nitrogens is 2. The van der Waals surface area contributed by atoms with Crippen LogP contribution in [0.1, 0.15) is 17.3 Å². The van der Waals surface area contributed by atoms with Gasteiger partial charge in [-0.05, 0) is 23.8 Å². The normalized spacial score (nSPS) is 11.7. The number of nitrogens with zero attached hydrogens (tertiary/aromatic N) is 3. The molecule has 150 valence electrons. The Kier molecular flexibility index (Phi) is 6.15. The number of hydrazine groups is 1. The molecule has 10 nitrogen and oxygen atoms in total. The topological polar surface area (TPSA) is 131 Å². The summed E-state index contributed by atoms with van der Waals surface area (Å²) in [6, 6.07) is 12.6. The molecule has 3 rings (SSSR count). The van der Waals surface area contributed by atoms with Crippen molar-refractivity contribution in [3.63, 3.8) is 0 Å². The molecular formula is C19H20N6O4. The maximum absolute atomic E-state index is 12.6. The standard InChI is InChI=1S/C19H20N6O4/c1-12(10-29-2)22-17-16(25(27)28)18(21-11-20-17)23-24-19(26)15-9-5-7-13-6-3-4-8-14(13)15/h3-9,11-12H,10H2,1-2H3,(H,24,26)(H2,20,21,22,23). The van der Waals surface area contributed by atoms with Gasteiger partial charge < -0.3 is 10.1 Å². The smallest absolute Gasteiger partial charge is 0.354 e. The molecule has 29 heavy (non-hydrogen) atoms. The van der Waals surface area contributed by atoms with Crippen LogP contribution in [-0.2, 0) is 4.74 Å². The van der Waals surface area contributed by atoms with E-state index in [0.29, 0.717) is 12.2 Å². The average molecular weight is 396 g/mol. The molecule has 0 fully saturated rings. The van der Waals surface area contributed by atoms with Gasteiger partial charge in [-0.2, -0.15) is 0 Å². The first-order valence-electron chi connectivity index (χ1n) is 8.80. The first-order chi connectivity index (χ1) is 14.0. The molecule has 0 aliphatic heterocycles. The van der Waals surface area contributed by atoms with Gasteiger partial charge in [-0.3, -0.25) is 25.8 Å². The van der Waals surface area contributed by atoms with Crippen molar-refractivity contribution in [1.29, 1.82) is 0 Å². The molecule has 0 aliphatic rings. The Balaban J connectivity index is 1.82. The zero-order valence-electron chi connectivity index (χ0n) is 15.9. The number of anilines is 2. The predicted octanol–water partition coefficient (Wildman–Crippen LogP) is 2.74. The number of carbonyl (C=O) groups is 1. The van der Waals surface area contributed by atoms with Gasteiger partial charge in [0.15, 0.2) is 0 Å². The Hall–Kier alpha value is -3.79. The Bertz CT molecular complexity index is 1040. The molecule has 1 heterocycles. The Morgan fingerprint density at radius 3 is 2.66 bits per heavy atom. The van der Waals surface area contributed by atoms with Crippen LogP contribution in [0.4, 0.5) is 17.3 Å². The lowest BCUT2D eigenvalue weighted by Gasteiger charge is -2.15. The number of fused-ring (bicyclic) bond motifs is 1. The number of methoxy groups -OCH3 is 1. The fourth-order valence-electron chi connectivity index (χ4n) is 2.88. The zero-order valence-corrected chi connectivity index (χ0v) is 15.9. The minimum Gasteiger partial charge on any atom is -0.383 e. The van der Waals surface area contributed by atoms with Crippen LogP contribution in [0, 0.1) is 10.1 Å². The van der Waals surface area contributed by atoms with Gasteiger partial charge in [-0.15, -0.1) is 0 Å². The summed E-state index contributed by atoms with van der Waals surface area (Å²) in [7, 11) is 1.53. The van der Waals surface area contributed by atoms with Crippen molar-refractivity contribution in [2.75, 3.05) is 24.5 Å². The molecule has 0 bridgehead atoms. The van der Waals surface area contributed by atoms with Gasteiger partial charge in [-0.25, -0.2) is 9.97 Å². The molecule has 2 aromatic carbocycles. The number of nitro groups is 1. The van der Waals surface area contributed by atoms with Crippen LogP contribution < -0.4 is 16.2 Å². The van der Waals surface area contributed by atoms with Crippen molar-refractivity contribution in [3.8, 4) is 0 Å². The van der Waals surface area contributed by atoms with Crippen LogP contribution in [0.25, 0.3) is 10.8 Å².